The summed E-state index contributed by atoms with van der Waals surface area (Å²) in [5.41, 5.74) is 2.35. The van der Waals surface area contributed by atoms with Crippen LogP contribution in [0.15, 0.2) is 40.8 Å². The van der Waals surface area contributed by atoms with Gasteiger partial charge in [0.15, 0.2) is 0 Å². The fourth-order valence-electron chi connectivity index (χ4n) is 2.21. The molecular weight excluding hydrogens is 300 g/mol. The van der Waals surface area contributed by atoms with Crippen LogP contribution in [0.2, 0.25) is 0 Å². The number of hydrogen-bond donors (Lipinski definition) is 1. The number of ether oxygens (including phenoxy) is 1. The summed E-state index contributed by atoms with van der Waals surface area (Å²) < 4.78 is 31.6. The molecule has 2 rings (SSSR count). The van der Waals surface area contributed by atoms with E-state index in [4.69, 9.17) is 4.74 Å². The fraction of sp³-hybridized carbons (Fsp3) is 0.500. The van der Waals surface area contributed by atoms with Crippen LogP contribution < -0.4 is 5.32 Å². The van der Waals surface area contributed by atoms with Gasteiger partial charge in [0.2, 0.25) is 10.0 Å². The second-order valence-electron chi connectivity index (χ2n) is 5.57. The first-order valence-electron chi connectivity index (χ1n) is 7.51. The summed E-state index contributed by atoms with van der Waals surface area (Å²) >= 11 is 0. The topological polar surface area (TPSA) is 58.6 Å². The third kappa shape index (κ3) is 4.64. The van der Waals surface area contributed by atoms with Crippen molar-refractivity contribution in [3.8, 4) is 0 Å². The second-order valence-corrected chi connectivity index (χ2v) is 7.51. The molecule has 1 aliphatic heterocycles. The van der Waals surface area contributed by atoms with E-state index in [9.17, 15) is 8.42 Å². The summed E-state index contributed by atoms with van der Waals surface area (Å²) in [5.74, 6) is 0. The number of morpholine rings is 1. The van der Waals surface area contributed by atoms with E-state index in [0.29, 0.717) is 31.2 Å². The lowest BCUT2D eigenvalue weighted by Crippen LogP contribution is -2.40. The summed E-state index contributed by atoms with van der Waals surface area (Å²) in [6.07, 6.45) is 2.12. The largest absolute Gasteiger partial charge is 0.379 e. The lowest BCUT2D eigenvalue weighted by atomic mass is 10.2. The predicted octanol–water partition coefficient (Wildman–Crippen LogP) is 1.76. The molecule has 0 atom stereocenters. The summed E-state index contributed by atoms with van der Waals surface area (Å²) in [6, 6.07) is 7.09. The van der Waals surface area contributed by atoms with Crippen molar-refractivity contribution in [2.45, 2.75) is 25.3 Å². The Morgan fingerprint density at radius 1 is 1.23 bits per heavy atom. The zero-order valence-corrected chi connectivity index (χ0v) is 14.0. The molecular formula is C16H24N2O3S. The summed E-state index contributed by atoms with van der Waals surface area (Å²) in [6.45, 7) is 7.44. The monoisotopic (exact) mass is 324 g/mol. The van der Waals surface area contributed by atoms with Crippen molar-refractivity contribution < 1.29 is 13.2 Å². The van der Waals surface area contributed by atoms with Crippen molar-refractivity contribution in [3.63, 3.8) is 0 Å². The van der Waals surface area contributed by atoms with Gasteiger partial charge in [-0.3, -0.25) is 0 Å². The molecule has 1 aromatic carbocycles. The highest BCUT2D eigenvalue weighted by atomic mass is 32.2. The standard InChI is InChI=1S/C16H24N2O3S/c1-14(2)7-8-17-13-15-3-5-16(6-4-15)22(19,20)18-9-11-21-12-10-18/h3-7,17H,8-13H2,1-2H3. The van der Waals surface area contributed by atoms with Gasteiger partial charge in [-0.25, -0.2) is 8.42 Å². The summed E-state index contributed by atoms with van der Waals surface area (Å²) in [5, 5.41) is 3.30. The molecule has 22 heavy (non-hydrogen) atoms. The highest BCUT2D eigenvalue weighted by molar-refractivity contribution is 7.89. The van der Waals surface area contributed by atoms with Crippen LogP contribution in [0.5, 0.6) is 0 Å². The molecule has 0 saturated carbocycles. The number of nitrogens with zero attached hydrogens (tertiary/aromatic N) is 1. The SMILES string of the molecule is CC(C)=CCNCc1ccc(S(=O)(=O)N2CCOCC2)cc1. The van der Waals surface area contributed by atoms with Gasteiger partial charge in [0, 0.05) is 26.2 Å². The van der Waals surface area contributed by atoms with Crippen molar-refractivity contribution in [2.24, 2.45) is 0 Å². The van der Waals surface area contributed by atoms with E-state index in [1.54, 1.807) is 12.1 Å². The van der Waals surface area contributed by atoms with Gasteiger partial charge in [-0.05, 0) is 31.5 Å². The van der Waals surface area contributed by atoms with E-state index in [2.05, 4.69) is 25.2 Å². The number of nitrogens with one attached hydrogen (secondary N) is 1. The first-order chi connectivity index (χ1) is 10.5. The molecule has 122 valence electrons. The lowest BCUT2D eigenvalue weighted by Gasteiger charge is -2.26. The van der Waals surface area contributed by atoms with E-state index < -0.39 is 10.0 Å². The Hall–Kier alpha value is -1.21. The van der Waals surface area contributed by atoms with Crippen LogP contribution in [0.4, 0.5) is 0 Å². The number of sulfonamides is 1. The van der Waals surface area contributed by atoms with Crippen LogP contribution in [-0.2, 0) is 21.3 Å². The average molecular weight is 324 g/mol. The number of rotatable bonds is 6. The Kier molecular flexibility index (Phi) is 6.14. The van der Waals surface area contributed by atoms with Crippen molar-refractivity contribution in [1.82, 2.24) is 9.62 Å². The minimum absolute atomic E-state index is 0.349. The van der Waals surface area contributed by atoms with Gasteiger partial charge < -0.3 is 10.1 Å². The normalized spacial score (nSPS) is 16.5. The number of allylic oxidation sites excluding steroid dienone is 1. The molecule has 1 saturated heterocycles. The highest BCUT2D eigenvalue weighted by Crippen LogP contribution is 2.17. The van der Waals surface area contributed by atoms with E-state index in [0.717, 1.165) is 18.7 Å². The molecule has 1 fully saturated rings. The first-order valence-corrected chi connectivity index (χ1v) is 8.95. The van der Waals surface area contributed by atoms with Crippen molar-refractivity contribution >= 4 is 10.0 Å². The van der Waals surface area contributed by atoms with Crippen molar-refractivity contribution in [3.05, 3.63) is 41.5 Å². The highest BCUT2D eigenvalue weighted by Gasteiger charge is 2.25. The molecule has 1 aromatic rings. The molecule has 0 unspecified atom stereocenters. The molecule has 1 N–H and O–H groups in total. The minimum atomic E-state index is -3.39. The van der Waals surface area contributed by atoms with Crippen LogP contribution in [-0.4, -0.2) is 45.6 Å². The molecule has 1 heterocycles. The van der Waals surface area contributed by atoms with Crippen LogP contribution in [0.25, 0.3) is 0 Å². The Morgan fingerprint density at radius 2 is 1.86 bits per heavy atom. The first kappa shape index (κ1) is 17.1. The maximum absolute atomic E-state index is 12.5. The second kappa shape index (κ2) is 7.87. The van der Waals surface area contributed by atoms with Crippen LogP contribution >= 0.6 is 0 Å². The van der Waals surface area contributed by atoms with Crippen LogP contribution in [0, 0.1) is 0 Å². The number of benzene rings is 1. The zero-order chi connectivity index (χ0) is 16.0. The maximum Gasteiger partial charge on any atom is 0.243 e. The van der Waals surface area contributed by atoms with Gasteiger partial charge in [0.25, 0.3) is 0 Å². The quantitative estimate of drug-likeness (QED) is 0.640. The molecule has 0 radical (unpaired) electrons. The summed E-state index contributed by atoms with van der Waals surface area (Å²) in [4.78, 5) is 0.349. The zero-order valence-electron chi connectivity index (χ0n) is 13.2. The molecule has 0 spiro atoms. The van der Waals surface area contributed by atoms with Gasteiger partial charge in [0.05, 0.1) is 18.1 Å². The van der Waals surface area contributed by atoms with Crippen LogP contribution in [0.1, 0.15) is 19.4 Å². The van der Waals surface area contributed by atoms with Gasteiger partial charge >= 0.3 is 0 Å². The molecule has 0 amide bonds. The van der Waals surface area contributed by atoms with E-state index >= 15 is 0 Å². The van der Waals surface area contributed by atoms with E-state index in [1.165, 1.54) is 9.88 Å². The van der Waals surface area contributed by atoms with E-state index in [1.807, 2.05) is 12.1 Å². The molecule has 0 aliphatic carbocycles. The van der Waals surface area contributed by atoms with Crippen LogP contribution in [0.3, 0.4) is 0 Å². The minimum Gasteiger partial charge on any atom is -0.379 e. The van der Waals surface area contributed by atoms with Gasteiger partial charge in [-0.2, -0.15) is 4.31 Å². The fourth-order valence-corrected chi connectivity index (χ4v) is 3.62. The van der Waals surface area contributed by atoms with Crippen molar-refractivity contribution in [1.29, 1.82) is 0 Å². The molecule has 6 heteroatoms. The average Bonchev–Trinajstić information content (AvgIpc) is 2.53. The smallest absolute Gasteiger partial charge is 0.243 e. The van der Waals surface area contributed by atoms with Crippen molar-refractivity contribution in [2.75, 3.05) is 32.8 Å². The Labute approximate surface area is 133 Å². The maximum atomic E-state index is 12.5. The van der Waals surface area contributed by atoms with Gasteiger partial charge in [-0.1, -0.05) is 23.8 Å². The summed E-state index contributed by atoms with van der Waals surface area (Å²) in [7, 11) is -3.39. The van der Waals surface area contributed by atoms with E-state index in [-0.39, 0.29) is 0 Å². The Balaban J connectivity index is 1.97. The molecule has 0 aromatic heterocycles. The molecule has 0 bridgehead atoms. The molecule has 1 aliphatic rings. The third-order valence-electron chi connectivity index (χ3n) is 3.51. The van der Waals surface area contributed by atoms with Gasteiger partial charge in [0.1, 0.15) is 0 Å². The predicted molar refractivity (Wildman–Crippen MR) is 87.2 cm³/mol. The Morgan fingerprint density at radius 3 is 2.45 bits per heavy atom. The third-order valence-corrected chi connectivity index (χ3v) is 5.43. The number of hydrogen-bond acceptors (Lipinski definition) is 4. The van der Waals surface area contributed by atoms with Gasteiger partial charge in [-0.15, -0.1) is 0 Å². The molecule has 5 nitrogen and oxygen atoms in total. The Bertz CT molecular complexity index is 599. The lowest BCUT2D eigenvalue weighted by molar-refractivity contribution is 0.0730.